The molecule has 0 unspecified atom stereocenters. The van der Waals surface area contributed by atoms with Crippen molar-refractivity contribution in [1.82, 2.24) is 39.9 Å². The van der Waals surface area contributed by atoms with Crippen LogP contribution in [0.4, 0.5) is 0 Å². The average Bonchev–Trinajstić information content (AvgIpc) is 3.55. The predicted octanol–water partition coefficient (Wildman–Crippen LogP) is 10.5. The van der Waals surface area contributed by atoms with Crippen molar-refractivity contribution < 1.29 is 0 Å². The van der Waals surface area contributed by atoms with Crippen LogP contribution in [0.3, 0.4) is 0 Å². The molecule has 4 aromatic heterocycles. The molecule has 0 amide bonds. The molecular formula is C47H26N8. The lowest BCUT2D eigenvalue weighted by molar-refractivity contribution is 1.14. The first-order valence-corrected chi connectivity index (χ1v) is 18.3. The van der Waals surface area contributed by atoms with E-state index in [1.807, 2.05) is 66.7 Å². The van der Waals surface area contributed by atoms with Crippen molar-refractivity contribution in [1.29, 1.82) is 0 Å². The molecule has 5 aromatic carbocycles. The summed E-state index contributed by atoms with van der Waals surface area (Å²) in [7, 11) is 0. The van der Waals surface area contributed by atoms with Gasteiger partial charge in [-0.3, -0.25) is 0 Å². The molecule has 0 N–H and O–H groups in total. The Labute approximate surface area is 314 Å². The minimum atomic E-state index is 0.507. The maximum atomic E-state index is 5.21. The van der Waals surface area contributed by atoms with E-state index in [2.05, 4.69) is 78.9 Å². The fourth-order valence-corrected chi connectivity index (χ4v) is 8.18. The minimum absolute atomic E-state index is 0.507. The lowest BCUT2D eigenvalue weighted by atomic mass is 9.99. The number of hydrogen-bond acceptors (Lipinski definition) is 8. The van der Waals surface area contributed by atoms with E-state index in [0.717, 1.165) is 107 Å². The van der Waals surface area contributed by atoms with Gasteiger partial charge in [-0.2, -0.15) is 0 Å². The van der Waals surface area contributed by atoms with Crippen molar-refractivity contribution in [3.8, 4) is 78.8 Å². The third-order valence-electron chi connectivity index (χ3n) is 10.7. The second-order valence-electron chi connectivity index (χ2n) is 13.9. The molecule has 4 heterocycles. The molecule has 8 heteroatoms. The van der Waals surface area contributed by atoms with Gasteiger partial charge in [0.2, 0.25) is 0 Å². The van der Waals surface area contributed by atoms with E-state index in [1.165, 1.54) is 0 Å². The summed E-state index contributed by atoms with van der Waals surface area (Å²) in [6.07, 6.45) is 11.1. The summed E-state index contributed by atoms with van der Waals surface area (Å²) < 4.78 is 0. The molecule has 9 aromatic rings. The van der Waals surface area contributed by atoms with E-state index < -0.39 is 0 Å². The Morgan fingerprint density at radius 1 is 0.309 bits per heavy atom. The Balaban J connectivity index is 1.05. The van der Waals surface area contributed by atoms with Crippen LogP contribution in [-0.4, -0.2) is 39.9 Å². The lowest BCUT2D eigenvalue weighted by Gasteiger charge is -2.12. The molecule has 0 saturated carbocycles. The van der Waals surface area contributed by atoms with Gasteiger partial charge in [0.25, 0.3) is 0 Å². The third-order valence-corrected chi connectivity index (χ3v) is 10.7. The van der Waals surface area contributed by atoms with Crippen LogP contribution >= 0.6 is 0 Å². The number of hydrogen-bond donors (Lipinski definition) is 0. The number of rotatable bonds is 4. The van der Waals surface area contributed by atoms with Crippen molar-refractivity contribution in [2.24, 2.45) is 0 Å². The highest BCUT2D eigenvalue weighted by Crippen LogP contribution is 2.54. The Morgan fingerprint density at radius 2 is 0.655 bits per heavy atom. The fraction of sp³-hybridized carbons (Fsp3) is 0.0213. The van der Waals surface area contributed by atoms with E-state index in [1.54, 1.807) is 0 Å². The zero-order valence-corrected chi connectivity index (χ0v) is 29.1. The van der Waals surface area contributed by atoms with Gasteiger partial charge in [0.1, 0.15) is 0 Å². The second kappa shape index (κ2) is 11.5. The molecule has 55 heavy (non-hydrogen) atoms. The van der Waals surface area contributed by atoms with E-state index in [-0.39, 0.29) is 0 Å². The number of nitrogens with zero attached hydrogens (tertiary/aromatic N) is 8. The van der Waals surface area contributed by atoms with Gasteiger partial charge in [0.05, 0.1) is 45.6 Å². The molecule has 0 saturated heterocycles. The minimum Gasteiger partial charge on any atom is -0.223 e. The highest BCUT2D eigenvalue weighted by molar-refractivity contribution is 6.25. The predicted molar refractivity (Wildman–Crippen MR) is 217 cm³/mol. The molecule has 12 rings (SSSR count). The van der Waals surface area contributed by atoms with Crippen molar-refractivity contribution in [3.63, 3.8) is 0 Å². The molecule has 0 fully saturated rings. The number of aromatic nitrogens is 8. The second-order valence-corrected chi connectivity index (χ2v) is 13.9. The molecule has 3 aliphatic rings. The Bertz CT molecular complexity index is 3120. The highest BCUT2D eigenvalue weighted by Gasteiger charge is 2.34. The third kappa shape index (κ3) is 4.45. The maximum absolute atomic E-state index is 5.21. The quantitative estimate of drug-likeness (QED) is 0.179. The molecule has 8 nitrogen and oxygen atoms in total. The SMILES string of the molecule is C1=CC=C(c2nc3nc4c(nc3nc2-c2ccccc2)-c2ccc3c5c(ccc-4c25)-c2nc4nc(-c5ccccc5)c(-c5ccccc5)nc4nc2-3)CC=C1. The summed E-state index contributed by atoms with van der Waals surface area (Å²) >= 11 is 0. The molecule has 0 aliphatic heterocycles. The van der Waals surface area contributed by atoms with Crippen LogP contribution in [0.15, 0.2) is 146 Å². The Kier molecular flexibility index (Phi) is 6.24. The molecule has 0 radical (unpaired) electrons. The summed E-state index contributed by atoms with van der Waals surface area (Å²) in [5.74, 6) is 0. The van der Waals surface area contributed by atoms with Gasteiger partial charge < -0.3 is 0 Å². The van der Waals surface area contributed by atoms with Crippen molar-refractivity contribution in [2.75, 3.05) is 0 Å². The normalized spacial score (nSPS) is 13.3. The number of benzene rings is 5. The molecular weight excluding hydrogens is 677 g/mol. The van der Waals surface area contributed by atoms with Crippen molar-refractivity contribution in [3.05, 3.63) is 151 Å². The molecule has 0 bridgehead atoms. The largest absolute Gasteiger partial charge is 0.223 e. The van der Waals surface area contributed by atoms with Gasteiger partial charge in [-0.15, -0.1) is 0 Å². The Morgan fingerprint density at radius 3 is 1.05 bits per heavy atom. The highest BCUT2D eigenvalue weighted by atomic mass is 15.0. The van der Waals surface area contributed by atoms with Crippen molar-refractivity contribution >= 4 is 38.9 Å². The maximum Gasteiger partial charge on any atom is 0.199 e. The standard InChI is InChI=1S/C47H26N8/c1-2-7-15-26(14-6-1)36-37(27-16-8-3-9-17-27)49-45-44(48-36)52-40-30-22-23-32-35-33(25-24-31(34(30)35)41(40)53-45)43-42(32)54-46-47(55-43)51-39(29-20-12-5-13-21-29)38(50-46)28-18-10-4-11-19-28/h1-14,16-25H,15H2. The topological polar surface area (TPSA) is 103 Å². The van der Waals surface area contributed by atoms with Crippen molar-refractivity contribution in [2.45, 2.75) is 6.42 Å². The van der Waals surface area contributed by atoms with Crippen LogP contribution in [0.1, 0.15) is 12.1 Å². The van der Waals surface area contributed by atoms with Crippen LogP contribution in [0.2, 0.25) is 0 Å². The summed E-state index contributed by atoms with van der Waals surface area (Å²) in [6, 6.07) is 39.0. The molecule has 0 atom stereocenters. The monoisotopic (exact) mass is 702 g/mol. The van der Waals surface area contributed by atoms with E-state index in [0.29, 0.717) is 22.6 Å². The summed E-state index contributed by atoms with van der Waals surface area (Å²) in [6.45, 7) is 0. The number of fused-ring (bicyclic) bond motifs is 8. The first-order chi connectivity index (χ1) is 27.3. The lowest BCUT2D eigenvalue weighted by Crippen LogP contribution is -2.03. The van der Waals surface area contributed by atoms with Crippen LogP contribution < -0.4 is 0 Å². The van der Waals surface area contributed by atoms with E-state index in [4.69, 9.17) is 39.9 Å². The molecule has 3 aliphatic carbocycles. The smallest absolute Gasteiger partial charge is 0.199 e. The Hall–Kier alpha value is -7.58. The summed E-state index contributed by atoms with van der Waals surface area (Å²) in [4.78, 5) is 41.4. The summed E-state index contributed by atoms with van der Waals surface area (Å²) in [5, 5.41) is 2.18. The van der Waals surface area contributed by atoms with Gasteiger partial charge in [-0.1, -0.05) is 146 Å². The molecule has 0 spiro atoms. The van der Waals surface area contributed by atoms with Gasteiger partial charge in [-0.05, 0) is 12.0 Å². The van der Waals surface area contributed by atoms with Crippen LogP contribution in [-0.2, 0) is 0 Å². The number of allylic oxidation sites excluding steroid dienone is 6. The zero-order chi connectivity index (χ0) is 36.0. The first-order valence-electron chi connectivity index (χ1n) is 18.3. The fourth-order valence-electron chi connectivity index (χ4n) is 8.18. The van der Waals surface area contributed by atoms with Gasteiger partial charge in [0.15, 0.2) is 22.6 Å². The van der Waals surface area contributed by atoms with Gasteiger partial charge in [0, 0.05) is 49.7 Å². The average molecular weight is 703 g/mol. The van der Waals surface area contributed by atoms with Crippen LogP contribution in [0.5, 0.6) is 0 Å². The first kappa shape index (κ1) is 29.9. The van der Waals surface area contributed by atoms with E-state index >= 15 is 0 Å². The van der Waals surface area contributed by atoms with Gasteiger partial charge >= 0.3 is 0 Å². The molecule has 254 valence electrons. The zero-order valence-electron chi connectivity index (χ0n) is 29.1. The van der Waals surface area contributed by atoms with Crippen LogP contribution in [0.25, 0.3) is 118 Å². The summed E-state index contributed by atoms with van der Waals surface area (Å²) in [5.41, 5.74) is 16.5. The van der Waals surface area contributed by atoms with E-state index in [9.17, 15) is 0 Å². The van der Waals surface area contributed by atoms with Gasteiger partial charge in [-0.25, -0.2) is 39.9 Å². The van der Waals surface area contributed by atoms with Crippen LogP contribution in [0, 0.1) is 0 Å².